The van der Waals surface area contributed by atoms with E-state index < -0.39 is 11.7 Å². The van der Waals surface area contributed by atoms with Crippen molar-refractivity contribution in [2.75, 3.05) is 5.32 Å². The van der Waals surface area contributed by atoms with Crippen molar-refractivity contribution in [3.8, 4) is 17.2 Å². The summed E-state index contributed by atoms with van der Waals surface area (Å²) in [4.78, 5) is 22.2. The van der Waals surface area contributed by atoms with Crippen LogP contribution in [0.3, 0.4) is 0 Å². The predicted octanol–water partition coefficient (Wildman–Crippen LogP) is 5.81. The summed E-state index contributed by atoms with van der Waals surface area (Å²) in [7, 11) is 0. The van der Waals surface area contributed by atoms with E-state index in [0.29, 0.717) is 28.9 Å². The van der Waals surface area contributed by atoms with E-state index in [1.54, 1.807) is 24.5 Å². The van der Waals surface area contributed by atoms with E-state index in [0.717, 1.165) is 29.9 Å². The number of nitrogens with one attached hydrogen (secondary N) is 1. The van der Waals surface area contributed by atoms with Crippen molar-refractivity contribution in [3.63, 3.8) is 0 Å². The Labute approximate surface area is 209 Å². The number of rotatable bonds is 7. The first-order chi connectivity index (χ1) is 17.2. The first-order valence-corrected chi connectivity index (χ1v) is 12.3. The molecule has 3 heterocycles. The first kappa shape index (κ1) is 23.8. The van der Waals surface area contributed by atoms with Crippen LogP contribution in [0.2, 0.25) is 0 Å². The van der Waals surface area contributed by atoms with E-state index in [4.69, 9.17) is 0 Å². The first-order valence-electron chi connectivity index (χ1n) is 12.3. The summed E-state index contributed by atoms with van der Waals surface area (Å²) in [6.45, 7) is 10.1. The Balaban J connectivity index is 1.43. The molecule has 1 aliphatic carbocycles. The van der Waals surface area contributed by atoms with Crippen LogP contribution in [-0.2, 0) is 0 Å². The van der Waals surface area contributed by atoms with Gasteiger partial charge in [-0.2, -0.15) is 0 Å². The lowest BCUT2D eigenvalue weighted by atomic mass is 10.1. The Morgan fingerprint density at radius 2 is 1.92 bits per heavy atom. The second-order valence-corrected chi connectivity index (χ2v) is 9.96. The highest BCUT2D eigenvalue weighted by molar-refractivity contribution is 6.04. The summed E-state index contributed by atoms with van der Waals surface area (Å²) >= 11 is 0. The van der Waals surface area contributed by atoms with Crippen molar-refractivity contribution in [1.29, 1.82) is 0 Å². The molecule has 8 nitrogen and oxygen atoms in total. The van der Waals surface area contributed by atoms with E-state index >= 15 is 0 Å². The second-order valence-electron chi connectivity index (χ2n) is 9.96. The number of halogens is 1. The number of pyridine rings is 1. The fourth-order valence-electron chi connectivity index (χ4n) is 4.37. The van der Waals surface area contributed by atoms with E-state index in [9.17, 15) is 9.18 Å². The fraction of sp³-hybridized carbons (Fsp3) is 0.370. The molecule has 1 aromatic carbocycles. The summed E-state index contributed by atoms with van der Waals surface area (Å²) < 4.78 is 18.8. The largest absolute Gasteiger partial charge is 0.307 e. The highest BCUT2D eigenvalue weighted by Gasteiger charge is 2.26. The summed E-state index contributed by atoms with van der Waals surface area (Å²) in [5.74, 6) is 1.34. The highest BCUT2D eigenvalue weighted by atomic mass is 19.1. The maximum absolute atomic E-state index is 14.9. The number of anilines is 1. The quantitative estimate of drug-likeness (QED) is 0.355. The van der Waals surface area contributed by atoms with E-state index in [1.165, 1.54) is 6.07 Å². The molecule has 0 unspecified atom stereocenters. The fourth-order valence-corrected chi connectivity index (χ4v) is 4.37. The zero-order valence-corrected chi connectivity index (χ0v) is 21.2. The zero-order valence-electron chi connectivity index (χ0n) is 21.2. The Morgan fingerprint density at radius 3 is 2.61 bits per heavy atom. The monoisotopic (exact) mass is 487 g/mol. The van der Waals surface area contributed by atoms with Gasteiger partial charge in [0.2, 0.25) is 0 Å². The topological polar surface area (TPSA) is 90.5 Å². The molecule has 4 aromatic rings. The van der Waals surface area contributed by atoms with Gasteiger partial charge in [-0.05, 0) is 63.4 Å². The average Bonchev–Trinajstić information content (AvgIpc) is 3.38. The van der Waals surface area contributed by atoms with Gasteiger partial charge in [0.05, 0.1) is 23.3 Å². The number of aryl methyl sites for hydroxylation is 1. The van der Waals surface area contributed by atoms with Crippen molar-refractivity contribution in [2.45, 2.75) is 65.3 Å². The van der Waals surface area contributed by atoms with Gasteiger partial charge in [0.1, 0.15) is 23.2 Å². The van der Waals surface area contributed by atoms with Gasteiger partial charge >= 0.3 is 0 Å². The van der Waals surface area contributed by atoms with Gasteiger partial charge in [-0.25, -0.2) is 14.4 Å². The summed E-state index contributed by atoms with van der Waals surface area (Å²) in [5.41, 5.74) is 2.99. The highest BCUT2D eigenvalue weighted by Crippen LogP contribution is 2.39. The number of carbonyl (C=O) groups excluding carboxylic acids is 1. The molecule has 0 bridgehead atoms. The van der Waals surface area contributed by atoms with E-state index in [2.05, 4.69) is 53.2 Å². The third kappa shape index (κ3) is 4.53. The molecule has 1 aliphatic rings. The third-order valence-electron chi connectivity index (χ3n) is 6.38. The van der Waals surface area contributed by atoms with Gasteiger partial charge < -0.3 is 14.5 Å². The van der Waals surface area contributed by atoms with Crippen molar-refractivity contribution >= 4 is 11.7 Å². The molecule has 3 aromatic heterocycles. The van der Waals surface area contributed by atoms with Crippen LogP contribution in [0.25, 0.3) is 17.2 Å². The number of aromatic nitrogens is 6. The zero-order chi connectivity index (χ0) is 25.6. The minimum absolute atomic E-state index is 0.0584. The Hall–Kier alpha value is -3.88. The molecule has 5 rings (SSSR count). The Kier molecular flexibility index (Phi) is 6.15. The third-order valence-corrected chi connectivity index (χ3v) is 6.38. The molecule has 186 valence electrons. The number of carbonyl (C=O) groups is 1. The molecule has 0 atom stereocenters. The molecule has 0 aliphatic heterocycles. The summed E-state index contributed by atoms with van der Waals surface area (Å²) in [6, 6.07) is 8.36. The molecule has 36 heavy (non-hydrogen) atoms. The van der Waals surface area contributed by atoms with Gasteiger partial charge in [0.15, 0.2) is 5.82 Å². The number of benzene rings is 1. The minimum atomic E-state index is -0.589. The standard InChI is InChI=1S/C27H30FN7O/c1-15(2)25-32-33-26(35(25)16(3)4)21-7-6-8-24(30-21)31-27(36)19-12-23(17(5)11-20(19)28)34-13-22(29-14-34)18-9-10-18/h6-8,11-16,18H,9-10H2,1-5H3,(H,30,31,36). The molecule has 0 saturated heterocycles. The summed E-state index contributed by atoms with van der Waals surface area (Å²) in [5, 5.41) is 11.5. The van der Waals surface area contributed by atoms with Crippen molar-refractivity contribution in [2.24, 2.45) is 0 Å². The normalized spacial score (nSPS) is 13.6. The molecule has 9 heteroatoms. The predicted molar refractivity (Wildman–Crippen MR) is 136 cm³/mol. The van der Waals surface area contributed by atoms with Crippen LogP contribution in [0, 0.1) is 12.7 Å². The van der Waals surface area contributed by atoms with Crippen LogP contribution < -0.4 is 5.32 Å². The molecule has 1 fully saturated rings. The molecular weight excluding hydrogens is 457 g/mol. The molecule has 0 radical (unpaired) electrons. The molecule has 1 amide bonds. The second kappa shape index (κ2) is 9.29. The Morgan fingerprint density at radius 1 is 1.14 bits per heavy atom. The van der Waals surface area contributed by atoms with Gasteiger partial charge in [-0.1, -0.05) is 19.9 Å². The van der Waals surface area contributed by atoms with Crippen LogP contribution in [0.15, 0.2) is 42.9 Å². The number of nitrogens with zero attached hydrogens (tertiary/aromatic N) is 6. The molecule has 0 spiro atoms. The van der Waals surface area contributed by atoms with Gasteiger partial charge in [0.25, 0.3) is 5.91 Å². The number of amides is 1. The van der Waals surface area contributed by atoms with E-state index in [-0.39, 0.29) is 17.5 Å². The van der Waals surface area contributed by atoms with Crippen molar-refractivity contribution < 1.29 is 9.18 Å². The molecule has 1 saturated carbocycles. The Bertz CT molecular complexity index is 1430. The number of hydrogen-bond donors (Lipinski definition) is 1. The van der Waals surface area contributed by atoms with Crippen LogP contribution in [0.5, 0.6) is 0 Å². The maximum atomic E-state index is 14.9. The lowest BCUT2D eigenvalue weighted by Crippen LogP contribution is -2.16. The van der Waals surface area contributed by atoms with Crippen molar-refractivity contribution in [3.05, 3.63) is 71.3 Å². The van der Waals surface area contributed by atoms with E-state index in [1.807, 2.05) is 28.3 Å². The van der Waals surface area contributed by atoms with Crippen molar-refractivity contribution in [1.82, 2.24) is 29.3 Å². The lowest BCUT2D eigenvalue weighted by molar-refractivity contribution is 0.102. The number of hydrogen-bond acceptors (Lipinski definition) is 5. The smallest absolute Gasteiger partial charge is 0.259 e. The van der Waals surface area contributed by atoms with Crippen LogP contribution in [0.4, 0.5) is 10.2 Å². The minimum Gasteiger partial charge on any atom is -0.307 e. The van der Waals surface area contributed by atoms with Crippen LogP contribution in [0.1, 0.15) is 85.9 Å². The SMILES string of the molecule is Cc1cc(F)c(C(=O)Nc2cccc(-c3nnc(C(C)C)n3C(C)C)n2)cc1-n1cnc(C2CC2)c1. The average molecular weight is 488 g/mol. The van der Waals surface area contributed by atoms with Gasteiger partial charge in [-0.15, -0.1) is 10.2 Å². The molecule has 1 N–H and O–H groups in total. The van der Waals surface area contributed by atoms with Crippen LogP contribution >= 0.6 is 0 Å². The van der Waals surface area contributed by atoms with Crippen LogP contribution in [-0.4, -0.2) is 35.2 Å². The lowest BCUT2D eigenvalue weighted by Gasteiger charge is -2.16. The van der Waals surface area contributed by atoms with Gasteiger partial charge in [-0.3, -0.25) is 4.79 Å². The number of imidazole rings is 1. The maximum Gasteiger partial charge on any atom is 0.259 e. The molecular formula is C27H30FN7O. The summed E-state index contributed by atoms with van der Waals surface area (Å²) in [6.07, 6.45) is 5.97. The van der Waals surface area contributed by atoms with Gasteiger partial charge in [0, 0.05) is 24.1 Å².